The van der Waals surface area contributed by atoms with Crippen LogP contribution in [-0.4, -0.2) is 48.0 Å². The molecule has 2 N–H and O–H groups in total. The largest absolute Gasteiger partial charge is 0.325 e. The quantitative estimate of drug-likeness (QED) is 0.808. The molecule has 1 aliphatic heterocycles. The third-order valence-corrected chi connectivity index (χ3v) is 3.65. The zero-order valence-electron chi connectivity index (χ0n) is 9.15. The highest BCUT2D eigenvalue weighted by Crippen LogP contribution is 2.13. The zero-order chi connectivity index (χ0) is 10.7. The Kier molecular flexibility index (Phi) is 3.69. The summed E-state index contributed by atoms with van der Waals surface area (Å²) in [5.74, 6) is 0. The van der Waals surface area contributed by atoms with Gasteiger partial charge in [-0.05, 0) is 7.05 Å². The molecule has 0 aromatic carbocycles. The summed E-state index contributed by atoms with van der Waals surface area (Å²) in [7, 11) is 2.17. The van der Waals surface area contributed by atoms with Gasteiger partial charge in [-0.15, -0.1) is 11.3 Å². The van der Waals surface area contributed by atoms with Crippen molar-refractivity contribution in [2.24, 2.45) is 5.73 Å². The van der Waals surface area contributed by atoms with Crippen molar-refractivity contribution in [1.82, 2.24) is 14.8 Å². The van der Waals surface area contributed by atoms with Gasteiger partial charge in [0.25, 0.3) is 0 Å². The Morgan fingerprint density at radius 1 is 1.40 bits per heavy atom. The molecule has 1 saturated heterocycles. The van der Waals surface area contributed by atoms with Gasteiger partial charge in [0, 0.05) is 38.1 Å². The van der Waals surface area contributed by atoms with E-state index < -0.39 is 0 Å². The van der Waals surface area contributed by atoms with Crippen molar-refractivity contribution in [3.8, 4) is 0 Å². The Morgan fingerprint density at radius 2 is 2.13 bits per heavy atom. The van der Waals surface area contributed by atoms with Gasteiger partial charge < -0.3 is 10.6 Å². The van der Waals surface area contributed by atoms with Crippen molar-refractivity contribution in [2.75, 3.05) is 33.2 Å². The van der Waals surface area contributed by atoms with Crippen molar-refractivity contribution in [2.45, 2.75) is 13.1 Å². The SMILES string of the molecule is CN1CCN(Cc2nc(CN)cs2)CC1. The number of rotatable bonds is 3. The van der Waals surface area contributed by atoms with E-state index in [1.807, 2.05) is 0 Å². The van der Waals surface area contributed by atoms with Crippen LogP contribution in [0.25, 0.3) is 0 Å². The first-order chi connectivity index (χ1) is 7.28. The minimum atomic E-state index is 0.555. The molecule has 0 bridgehead atoms. The van der Waals surface area contributed by atoms with E-state index in [0.717, 1.165) is 38.4 Å². The lowest BCUT2D eigenvalue weighted by atomic mass is 10.3. The van der Waals surface area contributed by atoms with Gasteiger partial charge in [-0.1, -0.05) is 0 Å². The molecule has 1 fully saturated rings. The van der Waals surface area contributed by atoms with E-state index in [4.69, 9.17) is 5.73 Å². The minimum Gasteiger partial charge on any atom is -0.325 e. The van der Waals surface area contributed by atoms with E-state index in [1.54, 1.807) is 11.3 Å². The molecule has 15 heavy (non-hydrogen) atoms. The minimum absolute atomic E-state index is 0.555. The molecule has 1 aliphatic rings. The second-order valence-electron chi connectivity index (χ2n) is 4.02. The molecule has 2 heterocycles. The van der Waals surface area contributed by atoms with Crippen LogP contribution in [0.4, 0.5) is 0 Å². The number of nitrogens with two attached hydrogens (primary N) is 1. The van der Waals surface area contributed by atoms with Gasteiger partial charge in [0.05, 0.1) is 12.2 Å². The second-order valence-corrected chi connectivity index (χ2v) is 4.96. The maximum absolute atomic E-state index is 5.54. The average Bonchev–Trinajstić information content (AvgIpc) is 2.69. The molecule has 1 aromatic heterocycles. The highest BCUT2D eigenvalue weighted by Gasteiger charge is 2.14. The highest BCUT2D eigenvalue weighted by molar-refractivity contribution is 7.09. The summed E-state index contributed by atoms with van der Waals surface area (Å²) in [6.07, 6.45) is 0. The Balaban J connectivity index is 1.86. The average molecular weight is 226 g/mol. The Hall–Kier alpha value is -0.490. The maximum Gasteiger partial charge on any atom is 0.107 e. The molecule has 0 radical (unpaired) electrons. The third kappa shape index (κ3) is 2.98. The van der Waals surface area contributed by atoms with Crippen LogP contribution in [0.15, 0.2) is 5.38 Å². The fourth-order valence-electron chi connectivity index (χ4n) is 1.71. The maximum atomic E-state index is 5.54. The van der Waals surface area contributed by atoms with Crippen molar-refractivity contribution in [1.29, 1.82) is 0 Å². The van der Waals surface area contributed by atoms with Crippen molar-refractivity contribution in [3.05, 3.63) is 16.1 Å². The molecular formula is C10H18N4S. The second kappa shape index (κ2) is 5.03. The number of hydrogen-bond acceptors (Lipinski definition) is 5. The Morgan fingerprint density at radius 3 is 2.73 bits per heavy atom. The summed E-state index contributed by atoms with van der Waals surface area (Å²) < 4.78 is 0. The predicted molar refractivity (Wildman–Crippen MR) is 62.8 cm³/mol. The molecule has 84 valence electrons. The summed E-state index contributed by atoms with van der Waals surface area (Å²) in [4.78, 5) is 9.30. The Labute approximate surface area is 94.7 Å². The number of nitrogens with zero attached hydrogens (tertiary/aromatic N) is 3. The summed E-state index contributed by atoms with van der Waals surface area (Å²) in [6, 6.07) is 0. The van der Waals surface area contributed by atoms with E-state index in [2.05, 4.69) is 27.2 Å². The van der Waals surface area contributed by atoms with Gasteiger partial charge in [-0.25, -0.2) is 4.98 Å². The van der Waals surface area contributed by atoms with Gasteiger partial charge in [0.15, 0.2) is 0 Å². The van der Waals surface area contributed by atoms with Crippen molar-refractivity contribution >= 4 is 11.3 Å². The molecular weight excluding hydrogens is 208 g/mol. The van der Waals surface area contributed by atoms with Crippen LogP contribution in [0.5, 0.6) is 0 Å². The van der Waals surface area contributed by atoms with Crippen molar-refractivity contribution in [3.63, 3.8) is 0 Å². The molecule has 0 spiro atoms. The number of thiazole rings is 1. The van der Waals surface area contributed by atoms with Gasteiger partial charge in [-0.3, -0.25) is 4.90 Å². The van der Waals surface area contributed by atoms with Crippen LogP contribution >= 0.6 is 11.3 Å². The third-order valence-electron chi connectivity index (χ3n) is 2.76. The normalized spacial score (nSPS) is 19.6. The summed E-state index contributed by atoms with van der Waals surface area (Å²) in [5, 5.41) is 3.26. The van der Waals surface area contributed by atoms with E-state index in [9.17, 15) is 0 Å². The fraction of sp³-hybridized carbons (Fsp3) is 0.700. The number of hydrogen-bond donors (Lipinski definition) is 1. The predicted octanol–water partition coefficient (Wildman–Crippen LogP) is 0.349. The van der Waals surface area contributed by atoms with Crippen LogP contribution in [0.1, 0.15) is 10.7 Å². The van der Waals surface area contributed by atoms with Crippen LogP contribution < -0.4 is 5.73 Å². The summed E-state index contributed by atoms with van der Waals surface area (Å²) in [6.45, 7) is 6.16. The summed E-state index contributed by atoms with van der Waals surface area (Å²) in [5.41, 5.74) is 6.56. The van der Waals surface area contributed by atoms with Crippen molar-refractivity contribution < 1.29 is 0 Å². The lowest BCUT2D eigenvalue weighted by molar-refractivity contribution is 0.148. The van der Waals surface area contributed by atoms with Gasteiger partial charge in [-0.2, -0.15) is 0 Å². The van der Waals surface area contributed by atoms with E-state index >= 15 is 0 Å². The first-order valence-corrected chi connectivity index (χ1v) is 6.20. The smallest absolute Gasteiger partial charge is 0.107 e. The van der Waals surface area contributed by atoms with Gasteiger partial charge in [0.2, 0.25) is 0 Å². The highest BCUT2D eigenvalue weighted by atomic mass is 32.1. The molecule has 0 amide bonds. The number of aromatic nitrogens is 1. The molecule has 0 atom stereocenters. The monoisotopic (exact) mass is 226 g/mol. The van der Waals surface area contributed by atoms with Gasteiger partial charge in [0.1, 0.15) is 5.01 Å². The van der Waals surface area contributed by atoms with Gasteiger partial charge >= 0.3 is 0 Å². The Bertz CT molecular complexity index is 304. The zero-order valence-corrected chi connectivity index (χ0v) is 9.96. The topological polar surface area (TPSA) is 45.4 Å². The fourth-order valence-corrected chi connectivity index (χ4v) is 2.56. The molecule has 2 rings (SSSR count). The lowest BCUT2D eigenvalue weighted by Crippen LogP contribution is -2.43. The molecule has 0 saturated carbocycles. The number of piperazine rings is 1. The van der Waals surface area contributed by atoms with Crippen LogP contribution in [-0.2, 0) is 13.1 Å². The lowest BCUT2D eigenvalue weighted by Gasteiger charge is -2.31. The molecule has 1 aromatic rings. The first kappa shape index (κ1) is 11.0. The van der Waals surface area contributed by atoms with Crippen LogP contribution in [0, 0.1) is 0 Å². The standard InChI is InChI=1S/C10H18N4S/c1-13-2-4-14(5-3-13)7-10-12-9(6-11)8-15-10/h8H,2-7,11H2,1H3. The number of likely N-dealkylation sites (N-methyl/N-ethyl adjacent to an activating group) is 1. The van der Waals surface area contributed by atoms with Crippen LogP contribution in [0.2, 0.25) is 0 Å². The molecule has 5 heteroatoms. The summed E-state index contributed by atoms with van der Waals surface area (Å²) >= 11 is 1.72. The van der Waals surface area contributed by atoms with E-state index in [1.165, 1.54) is 5.01 Å². The molecule has 0 unspecified atom stereocenters. The molecule has 0 aliphatic carbocycles. The molecule has 4 nitrogen and oxygen atoms in total. The van der Waals surface area contributed by atoms with Crippen LogP contribution in [0.3, 0.4) is 0 Å². The van der Waals surface area contributed by atoms with E-state index in [0.29, 0.717) is 6.54 Å². The van der Waals surface area contributed by atoms with E-state index in [-0.39, 0.29) is 0 Å². The first-order valence-electron chi connectivity index (χ1n) is 5.32.